The number of benzene rings is 2. The summed E-state index contributed by atoms with van der Waals surface area (Å²) in [6.45, 7) is 12.3. The third kappa shape index (κ3) is 6.05. The minimum atomic E-state index is -0.0177. The van der Waals surface area contributed by atoms with Gasteiger partial charge in [-0.05, 0) is 42.3 Å². The molecule has 0 bridgehead atoms. The van der Waals surface area contributed by atoms with Crippen molar-refractivity contribution in [1.82, 2.24) is 10.2 Å². The molecule has 2 N–H and O–H groups in total. The second-order valence-electron chi connectivity index (χ2n) is 8.03. The fourth-order valence-electron chi connectivity index (χ4n) is 3.88. The van der Waals surface area contributed by atoms with E-state index in [1.165, 1.54) is 11.3 Å². The van der Waals surface area contributed by atoms with Crippen LogP contribution in [0.1, 0.15) is 32.4 Å². The van der Waals surface area contributed by atoms with E-state index in [1.54, 1.807) is 0 Å². The van der Waals surface area contributed by atoms with Gasteiger partial charge in [0.2, 0.25) is 5.91 Å². The highest BCUT2D eigenvalue weighted by atomic mass is 16.1. The van der Waals surface area contributed by atoms with E-state index in [-0.39, 0.29) is 11.9 Å². The molecule has 1 fully saturated rings. The van der Waals surface area contributed by atoms with Gasteiger partial charge in [-0.15, -0.1) is 0 Å². The lowest BCUT2D eigenvalue weighted by molar-refractivity contribution is -0.115. The van der Waals surface area contributed by atoms with Gasteiger partial charge in [-0.2, -0.15) is 0 Å². The van der Waals surface area contributed by atoms with E-state index in [1.807, 2.05) is 30.3 Å². The Morgan fingerprint density at radius 1 is 0.966 bits per heavy atom. The van der Waals surface area contributed by atoms with Crippen molar-refractivity contribution in [2.24, 2.45) is 5.92 Å². The molecule has 5 heteroatoms. The van der Waals surface area contributed by atoms with E-state index >= 15 is 0 Å². The first-order valence-corrected chi connectivity index (χ1v) is 10.7. The lowest BCUT2D eigenvalue weighted by atomic mass is 9.96. The summed E-state index contributed by atoms with van der Waals surface area (Å²) in [5, 5.41) is 6.41. The van der Waals surface area contributed by atoms with Crippen LogP contribution in [0.4, 0.5) is 11.4 Å². The maximum Gasteiger partial charge on any atom is 0.238 e. The standard InChI is InChI=1S/C24H34N4O/c1-4-27-14-16-28(17-15-27)22-12-10-21(11-13-22)26-23(29)18-25-24(19(2)3)20-8-6-5-7-9-20/h5-13,19,24-25H,4,14-18H2,1-3H3,(H,26,29)/t24-/m1/s1. The minimum Gasteiger partial charge on any atom is -0.369 e. The van der Waals surface area contributed by atoms with Crippen molar-refractivity contribution < 1.29 is 4.79 Å². The second-order valence-corrected chi connectivity index (χ2v) is 8.03. The van der Waals surface area contributed by atoms with Crippen LogP contribution in [0.15, 0.2) is 54.6 Å². The van der Waals surface area contributed by atoms with Crippen molar-refractivity contribution in [3.8, 4) is 0 Å². The van der Waals surface area contributed by atoms with Crippen LogP contribution in [-0.4, -0.2) is 50.1 Å². The van der Waals surface area contributed by atoms with Gasteiger partial charge in [0, 0.05) is 43.6 Å². The maximum atomic E-state index is 12.4. The minimum absolute atomic E-state index is 0.0177. The van der Waals surface area contributed by atoms with Crippen molar-refractivity contribution in [3.63, 3.8) is 0 Å². The Labute approximate surface area is 175 Å². The van der Waals surface area contributed by atoms with E-state index in [9.17, 15) is 4.79 Å². The average molecular weight is 395 g/mol. The smallest absolute Gasteiger partial charge is 0.238 e. The van der Waals surface area contributed by atoms with Crippen LogP contribution < -0.4 is 15.5 Å². The van der Waals surface area contributed by atoms with Gasteiger partial charge in [0.15, 0.2) is 0 Å². The highest BCUT2D eigenvalue weighted by Crippen LogP contribution is 2.22. The zero-order chi connectivity index (χ0) is 20.6. The largest absolute Gasteiger partial charge is 0.369 e. The number of piperazine rings is 1. The SMILES string of the molecule is CCN1CCN(c2ccc(NC(=O)CN[C@@H](c3ccccc3)C(C)C)cc2)CC1. The van der Waals surface area contributed by atoms with Gasteiger partial charge in [0.1, 0.15) is 0 Å². The first-order chi connectivity index (χ1) is 14.1. The number of anilines is 2. The molecule has 5 nitrogen and oxygen atoms in total. The molecule has 0 aliphatic carbocycles. The summed E-state index contributed by atoms with van der Waals surface area (Å²) in [6, 6.07) is 18.7. The molecule has 0 aromatic heterocycles. The van der Waals surface area contributed by atoms with Crippen molar-refractivity contribution in [1.29, 1.82) is 0 Å². The number of nitrogens with zero attached hydrogens (tertiary/aromatic N) is 2. The lowest BCUT2D eigenvalue weighted by Gasteiger charge is -2.35. The molecule has 2 aromatic carbocycles. The quantitative estimate of drug-likeness (QED) is 0.716. The van der Waals surface area contributed by atoms with Crippen LogP contribution in [0.2, 0.25) is 0 Å². The van der Waals surface area contributed by atoms with Gasteiger partial charge in [-0.25, -0.2) is 0 Å². The van der Waals surface area contributed by atoms with E-state index in [2.05, 4.69) is 65.5 Å². The molecule has 1 aliphatic heterocycles. The molecule has 0 unspecified atom stereocenters. The number of carbonyl (C=O) groups is 1. The summed E-state index contributed by atoms with van der Waals surface area (Å²) in [4.78, 5) is 17.3. The van der Waals surface area contributed by atoms with E-state index in [0.717, 1.165) is 38.4 Å². The number of carbonyl (C=O) groups excluding carboxylic acids is 1. The zero-order valence-electron chi connectivity index (χ0n) is 17.9. The van der Waals surface area contributed by atoms with Crippen molar-refractivity contribution in [2.75, 3.05) is 49.5 Å². The van der Waals surface area contributed by atoms with Crippen LogP contribution in [0.25, 0.3) is 0 Å². The molecule has 3 rings (SSSR count). The molecular formula is C24H34N4O. The molecule has 0 spiro atoms. The number of amides is 1. The predicted octanol–water partition coefficient (Wildman–Crippen LogP) is 3.75. The Morgan fingerprint density at radius 2 is 1.62 bits per heavy atom. The molecular weight excluding hydrogens is 360 g/mol. The maximum absolute atomic E-state index is 12.4. The molecule has 0 saturated carbocycles. The van der Waals surface area contributed by atoms with Gasteiger partial charge in [0.25, 0.3) is 0 Å². The lowest BCUT2D eigenvalue weighted by Crippen LogP contribution is -2.46. The summed E-state index contributed by atoms with van der Waals surface area (Å²) in [6.07, 6.45) is 0. The van der Waals surface area contributed by atoms with E-state index in [4.69, 9.17) is 0 Å². The predicted molar refractivity (Wildman–Crippen MR) is 121 cm³/mol. The molecule has 1 heterocycles. The van der Waals surface area contributed by atoms with E-state index < -0.39 is 0 Å². The monoisotopic (exact) mass is 394 g/mol. The molecule has 1 aliphatic rings. The van der Waals surface area contributed by atoms with Crippen LogP contribution in [0.5, 0.6) is 0 Å². The number of rotatable bonds is 8. The number of hydrogen-bond acceptors (Lipinski definition) is 4. The fourth-order valence-corrected chi connectivity index (χ4v) is 3.88. The average Bonchev–Trinajstić information content (AvgIpc) is 2.75. The molecule has 156 valence electrons. The number of hydrogen-bond donors (Lipinski definition) is 2. The van der Waals surface area contributed by atoms with Gasteiger partial charge < -0.3 is 20.4 Å². The first-order valence-electron chi connectivity index (χ1n) is 10.7. The molecule has 1 amide bonds. The Hall–Kier alpha value is -2.37. The van der Waals surface area contributed by atoms with Crippen LogP contribution in [0, 0.1) is 5.92 Å². The van der Waals surface area contributed by atoms with Gasteiger partial charge in [0.05, 0.1) is 6.54 Å². The van der Waals surface area contributed by atoms with Crippen molar-refractivity contribution in [2.45, 2.75) is 26.8 Å². The van der Waals surface area contributed by atoms with Gasteiger partial charge >= 0.3 is 0 Å². The second kappa shape index (κ2) is 10.4. The Morgan fingerprint density at radius 3 is 2.21 bits per heavy atom. The number of nitrogens with one attached hydrogen (secondary N) is 2. The van der Waals surface area contributed by atoms with Crippen molar-refractivity contribution >= 4 is 17.3 Å². The van der Waals surface area contributed by atoms with Gasteiger partial charge in [-0.1, -0.05) is 51.1 Å². The molecule has 29 heavy (non-hydrogen) atoms. The Balaban J connectivity index is 1.50. The summed E-state index contributed by atoms with van der Waals surface area (Å²) in [5.41, 5.74) is 3.28. The summed E-state index contributed by atoms with van der Waals surface area (Å²) >= 11 is 0. The van der Waals surface area contributed by atoms with Crippen molar-refractivity contribution in [3.05, 3.63) is 60.2 Å². The zero-order valence-corrected chi connectivity index (χ0v) is 17.9. The Kier molecular flexibility index (Phi) is 7.67. The van der Waals surface area contributed by atoms with E-state index in [0.29, 0.717) is 12.5 Å². The fraction of sp³-hybridized carbons (Fsp3) is 0.458. The number of likely N-dealkylation sites (N-methyl/N-ethyl adjacent to an activating group) is 1. The third-order valence-electron chi connectivity index (χ3n) is 5.64. The van der Waals surface area contributed by atoms with Crippen LogP contribution in [0.3, 0.4) is 0 Å². The summed E-state index contributed by atoms with van der Waals surface area (Å²) < 4.78 is 0. The summed E-state index contributed by atoms with van der Waals surface area (Å²) in [7, 11) is 0. The third-order valence-corrected chi connectivity index (χ3v) is 5.64. The highest BCUT2D eigenvalue weighted by Gasteiger charge is 2.17. The normalized spacial score (nSPS) is 16.1. The van der Waals surface area contributed by atoms with Crippen LogP contribution in [-0.2, 0) is 4.79 Å². The summed E-state index contributed by atoms with van der Waals surface area (Å²) in [5.74, 6) is 0.383. The molecule has 1 saturated heterocycles. The first kappa shape index (κ1) is 21.3. The van der Waals surface area contributed by atoms with Crippen LogP contribution >= 0.6 is 0 Å². The topological polar surface area (TPSA) is 47.6 Å². The highest BCUT2D eigenvalue weighted by molar-refractivity contribution is 5.92. The molecule has 1 atom stereocenters. The van der Waals surface area contributed by atoms with Gasteiger partial charge in [-0.3, -0.25) is 4.79 Å². The Bertz CT molecular complexity index is 752. The molecule has 2 aromatic rings. The molecule has 0 radical (unpaired) electrons.